The molecule has 0 fully saturated rings. The van der Waals surface area contributed by atoms with E-state index in [4.69, 9.17) is 0 Å². The van der Waals surface area contributed by atoms with Gasteiger partial charge in [-0.15, -0.1) is 0 Å². The molecule has 0 aliphatic carbocycles. The Hall–Kier alpha value is 0. The maximum atomic E-state index is 4.22. The first-order chi connectivity index (χ1) is 5.22. The molecular weight excluding hydrogens is 144 g/mol. The van der Waals surface area contributed by atoms with Crippen molar-refractivity contribution in [2.75, 3.05) is 0 Å². The highest BCUT2D eigenvalue weighted by Crippen LogP contribution is 2.42. The van der Waals surface area contributed by atoms with Gasteiger partial charge in [0.25, 0.3) is 0 Å². The van der Waals surface area contributed by atoms with Crippen molar-refractivity contribution < 1.29 is 0 Å². The van der Waals surface area contributed by atoms with E-state index in [1.54, 1.807) is 0 Å². The molecule has 0 aliphatic rings. The van der Waals surface area contributed by atoms with Crippen molar-refractivity contribution in [2.24, 2.45) is 16.7 Å². The number of hydrogen-bond donors (Lipinski definition) is 0. The van der Waals surface area contributed by atoms with Gasteiger partial charge in [0.2, 0.25) is 0 Å². The van der Waals surface area contributed by atoms with Crippen molar-refractivity contribution in [2.45, 2.75) is 54.4 Å². The van der Waals surface area contributed by atoms with Gasteiger partial charge >= 0.3 is 0 Å². The molecule has 0 heterocycles. The van der Waals surface area contributed by atoms with E-state index in [9.17, 15) is 0 Å². The fourth-order valence-electron chi connectivity index (χ4n) is 1.92. The van der Waals surface area contributed by atoms with E-state index in [1.165, 1.54) is 12.8 Å². The third-order valence-electron chi connectivity index (χ3n) is 3.24. The van der Waals surface area contributed by atoms with Gasteiger partial charge in [0, 0.05) is 0 Å². The van der Waals surface area contributed by atoms with Crippen LogP contribution in [0.15, 0.2) is 0 Å². The zero-order valence-corrected chi connectivity index (χ0v) is 9.70. The third kappa shape index (κ3) is 3.16. The molecule has 0 spiro atoms. The predicted octanol–water partition coefficient (Wildman–Crippen LogP) is 4.31. The monoisotopic (exact) mass is 169 g/mol. The van der Waals surface area contributed by atoms with Crippen LogP contribution in [0.4, 0.5) is 0 Å². The molecule has 0 N–H and O–H groups in total. The zero-order chi connectivity index (χ0) is 9.99. The van der Waals surface area contributed by atoms with Crippen LogP contribution >= 0.6 is 0 Å². The summed E-state index contributed by atoms with van der Waals surface area (Å²) in [6.45, 7) is 18.0. The molecule has 0 aromatic heterocycles. The van der Waals surface area contributed by atoms with Gasteiger partial charge in [0.15, 0.2) is 0 Å². The SMILES string of the molecule is [CH2]C(C)(C)C(C)C(C)(C)CCC. The molecule has 0 aromatic carbocycles. The van der Waals surface area contributed by atoms with Gasteiger partial charge in [-0.2, -0.15) is 0 Å². The summed E-state index contributed by atoms with van der Waals surface area (Å²) < 4.78 is 0. The average molecular weight is 169 g/mol. The van der Waals surface area contributed by atoms with Crippen LogP contribution in [0, 0.1) is 23.7 Å². The van der Waals surface area contributed by atoms with E-state index in [-0.39, 0.29) is 5.41 Å². The summed E-state index contributed by atoms with van der Waals surface area (Å²) in [4.78, 5) is 0. The molecule has 1 unspecified atom stereocenters. The molecule has 0 saturated heterocycles. The van der Waals surface area contributed by atoms with E-state index in [0.717, 1.165) is 0 Å². The third-order valence-corrected chi connectivity index (χ3v) is 3.24. The Morgan fingerprint density at radius 3 is 1.83 bits per heavy atom. The fraction of sp³-hybridized carbons (Fsp3) is 0.917. The normalized spacial score (nSPS) is 16.2. The summed E-state index contributed by atoms with van der Waals surface area (Å²) in [5, 5.41) is 0. The van der Waals surface area contributed by atoms with Crippen LogP contribution in [0.2, 0.25) is 0 Å². The van der Waals surface area contributed by atoms with Gasteiger partial charge in [-0.05, 0) is 30.1 Å². The van der Waals surface area contributed by atoms with E-state index >= 15 is 0 Å². The van der Waals surface area contributed by atoms with Gasteiger partial charge in [-0.3, -0.25) is 0 Å². The lowest BCUT2D eigenvalue weighted by Gasteiger charge is -2.40. The molecule has 0 aromatic rings. The van der Waals surface area contributed by atoms with Crippen molar-refractivity contribution in [3.05, 3.63) is 6.92 Å². The van der Waals surface area contributed by atoms with E-state index in [1.807, 2.05) is 0 Å². The van der Waals surface area contributed by atoms with Gasteiger partial charge in [-0.25, -0.2) is 0 Å². The van der Waals surface area contributed by atoms with Crippen molar-refractivity contribution in [3.63, 3.8) is 0 Å². The lowest BCUT2D eigenvalue weighted by Crippen LogP contribution is -2.32. The molecule has 0 saturated carbocycles. The quantitative estimate of drug-likeness (QED) is 0.588. The van der Waals surface area contributed by atoms with E-state index in [0.29, 0.717) is 11.3 Å². The lowest BCUT2D eigenvalue weighted by molar-refractivity contribution is 0.113. The second-order valence-electron chi connectivity index (χ2n) is 5.45. The highest BCUT2D eigenvalue weighted by Gasteiger charge is 2.33. The molecular formula is C12H25. The highest BCUT2D eigenvalue weighted by atomic mass is 14.4. The lowest BCUT2D eigenvalue weighted by atomic mass is 9.65. The molecule has 0 heteroatoms. The minimum Gasteiger partial charge on any atom is -0.0654 e. The van der Waals surface area contributed by atoms with Crippen molar-refractivity contribution >= 4 is 0 Å². The Morgan fingerprint density at radius 1 is 1.17 bits per heavy atom. The van der Waals surface area contributed by atoms with Crippen LogP contribution in [0.25, 0.3) is 0 Å². The summed E-state index contributed by atoms with van der Waals surface area (Å²) in [5.41, 5.74) is 0.624. The molecule has 0 nitrogen and oxygen atoms in total. The second kappa shape index (κ2) is 3.81. The molecule has 0 bridgehead atoms. The average Bonchev–Trinajstić information content (AvgIpc) is 1.84. The Morgan fingerprint density at radius 2 is 1.58 bits per heavy atom. The summed E-state index contributed by atoms with van der Waals surface area (Å²) in [6.07, 6.45) is 2.57. The van der Waals surface area contributed by atoms with Crippen molar-refractivity contribution in [3.8, 4) is 0 Å². The van der Waals surface area contributed by atoms with Crippen LogP contribution in [0.5, 0.6) is 0 Å². The van der Waals surface area contributed by atoms with Gasteiger partial charge < -0.3 is 0 Å². The molecule has 0 rings (SSSR count). The van der Waals surface area contributed by atoms with Crippen LogP contribution < -0.4 is 0 Å². The van der Waals surface area contributed by atoms with Crippen LogP contribution in [0.3, 0.4) is 0 Å². The van der Waals surface area contributed by atoms with E-state index in [2.05, 4.69) is 48.5 Å². The zero-order valence-electron chi connectivity index (χ0n) is 9.70. The Kier molecular flexibility index (Phi) is 3.81. The first-order valence-electron chi connectivity index (χ1n) is 5.07. The van der Waals surface area contributed by atoms with Crippen molar-refractivity contribution in [1.29, 1.82) is 0 Å². The molecule has 73 valence electrons. The first-order valence-corrected chi connectivity index (χ1v) is 5.07. The molecule has 0 amide bonds. The minimum atomic E-state index is 0.193. The largest absolute Gasteiger partial charge is 0.0654 e. The smallest absolute Gasteiger partial charge is 0.0323 e. The summed E-state index contributed by atoms with van der Waals surface area (Å²) in [5.74, 6) is 0.671. The Balaban J connectivity index is 4.34. The van der Waals surface area contributed by atoms with Gasteiger partial charge in [0.1, 0.15) is 0 Å². The molecule has 1 radical (unpaired) electrons. The topological polar surface area (TPSA) is 0 Å². The maximum Gasteiger partial charge on any atom is -0.0323 e. The second-order valence-corrected chi connectivity index (χ2v) is 5.45. The van der Waals surface area contributed by atoms with Crippen LogP contribution in [0.1, 0.15) is 54.4 Å². The number of hydrogen-bond acceptors (Lipinski definition) is 0. The van der Waals surface area contributed by atoms with Crippen LogP contribution in [-0.2, 0) is 0 Å². The molecule has 1 atom stereocenters. The van der Waals surface area contributed by atoms with Crippen LogP contribution in [-0.4, -0.2) is 0 Å². The maximum absolute atomic E-state index is 4.22. The summed E-state index contributed by atoms with van der Waals surface area (Å²) in [7, 11) is 0. The van der Waals surface area contributed by atoms with Crippen molar-refractivity contribution in [1.82, 2.24) is 0 Å². The van der Waals surface area contributed by atoms with Gasteiger partial charge in [-0.1, -0.05) is 48.0 Å². The van der Waals surface area contributed by atoms with E-state index < -0.39 is 0 Å². The molecule has 0 aliphatic heterocycles. The Bertz CT molecular complexity index is 125. The molecule has 12 heavy (non-hydrogen) atoms. The predicted molar refractivity (Wildman–Crippen MR) is 57.0 cm³/mol. The summed E-state index contributed by atoms with van der Waals surface area (Å²) >= 11 is 0. The summed E-state index contributed by atoms with van der Waals surface area (Å²) in [6, 6.07) is 0. The Labute approximate surface area is 78.8 Å². The minimum absolute atomic E-state index is 0.193. The standard InChI is InChI=1S/C12H25/c1-8-9-12(6,7)10(2)11(3,4)5/h10H,3,8-9H2,1-2,4-7H3. The fourth-order valence-corrected chi connectivity index (χ4v) is 1.92. The highest BCUT2D eigenvalue weighted by molar-refractivity contribution is 4.87. The van der Waals surface area contributed by atoms with Gasteiger partial charge in [0.05, 0.1) is 0 Å². The number of rotatable bonds is 4. The first kappa shape index (κ1) is 12.0.